The third-order valence-electron chi connectivity index (χ3n) is 2.64. The van der Waals surface area contributed by atoms with E-state index in [4.69, 9.17) is 4.74 Å². The number of thioether (sulfide) groups is 1. The van der Waals surface area contributed by atoms with Crippen LogP contribution in [0.4, 0.5) is 0 Å². The molecule has 0 atom stereocenters. The van der Waals surface area contributed by atoms with Gasteiger partial charge in [0.15, 0.2) is 11.0 Å². The minimum absolute atomic E-state index is 0.0117. The number of carbonyl (C=O) groups is 1. The normalized spacial score (nSPS) is 10.6. The first-order chi connectivity index (χ1) is 10.1. The van der Waals surface area contributed by atoms with E-state index in [0.717, 1.165) is 10.2 Å². The molecule has 0 aliphatic carbocycles. The van der Waals surface area contributed by atoms with Gasteiger partial charge in [0.05, 0.1) is 0 Å². The Kier molecular flexibility index (Phi) is 5.63. The van der Waals surface area contributed by atoms with E-state index in [2.05, 4.69) is 26.1 Å². The molecule has 8 heteroatoms. The fourth-order valence-electron chi connectivity index (χ4n) is 1.50. The molecule has 1 heterocycles. The molecular formula is C13H13BrN3O3S-. The van der Waals surface area contributed by atoms with E-state index in [-0.39, 0.29) is 6.42 Å². The van der Waals surface area contributed by atoms with Crippen LogP contribution in [0.5, 0.6) is 5.75 Å². The maximum absolute atomic E-state index is 10.4. The summed E-state index contributed by atoms with van der Waals surface area (Å²) in [5, 5.41) is 19.1. The summed E-state index contributed by atoms with van der Waals surface area (Å²) >= 11 is 4.69. The fourth-order valence-corrected chi connectivity index (χ4v) is 2.61. The number of carboxylic acids is 1. The molecule has 0 spiro atoms. The number of aliphatic carboxylic acids is 1. The molecule has 0 aliphatic heterocycles. The lowest BCUT2D eigenvalue weighted by Gasteiger charge is -2.06. The van der Waals surface area contributed by atoms with Crippen LogP contribution in [-0.4, -0.2) is 26.5 Å². The van der Waals surface area contributed by atoms with Crippen LogP contribution in [0.15, 0.2) is 33.9 Å². The number of hydrogen-bond donors (Lipinski definition) is 0. The van der Waals surface area contributed by atoms with Crippen LogP contribution in [0.25, 0.3) is 0 Å². The van der Waals surface area contributed by atoms with Crippen molar-refractivity contribution in [3.63, 3.8) is 0 Å². The van der Waals surface area contributed by atoms with Gasteiger partial charge < -0.3 is 19.2 Å². The fraction of sp³-hybridized carbons (Fsp3) is 0.308. The summed E-state index contributed by atoms with van der Waals surface area (Å²) in [5.74, 6) is 0.756. The number of aromatic nitrogens is 3. The van der Waals surface area contributed by atoms with Gasteiger partial charge in [-0.1, -0.05) is 27.7 Å². The molecule has 2 aromatic rings. The minimum atomic E-state index is -1.07. The molecule has 0 radical (unpaired) electrons. The van der Waals surface area contributed by atoms with Gasteiger partial charge in [0.25, 0.3) is 0 Å². The first kappa shape index (κ1) is 15.8. The highest BCUT2D eigenvalue weighted by atomic mass is 79.9. The molecule has 2 rings (SSSR count). The van der Waals surface area contributed by atoms with Crippen molar-refractivity contribution in [1.82, 2.24) is 14.8 Å². The van der Waals surface area contributed by atoms with Gasteiger partial charge in [-0.15, -0.1) is 10.2 Å². The molecule has 0 bridgehead atoms. The molecule has 0 saturated carbocycles. The largest absolute Gasteiger partial charge is 0.550 e. The minimum Gasteiger partial charge on any atom is -0.550 e. The van der Waals surface area contributed by atoms with Crippen molar-refractivity contribution in [3.05, 3.63) is 34.6 Å². The van der Waals surface area contributed by atoms with Crippen LogP contribution >= 0.6 is 27.7 Å². The van der Waals surface area contributed by atoms with Crippen LogP contribution < -0.4 is 9.84 Å². The first-order valence-electron chi connectivity index (χ1n) is 6.15. The van der Waals surface area contributed by atoms with Crippen molar-refractivity contribution >= 4 is 33.7 Å². The van der Waals surface area contributed by atoms with E-state index in [1.165, 1.54) is 11.8 Å². The van der Waals surface area contributed by atoms with Gasteiger partial charge in [-0.2, -0.15) is 0 Å². The van der Waals surface area contributed by atoms with Gasteiger partial charge in [-0.3, -0.25) is 0 Å². The Labute approximate surface area is 134 Å². The number of carbonyl (C=O) groups excluding carboxylic acids is 1. The lowest BCUT2D eigenvalue weighted by Crippen LogP contribution is -2.22. The van der Waals surface area contributed by atoms with Crippen molar-refractivity contribution in [1.29, 1.82) is 0 Å². The van der Waals surface area contributed by atoms with E-state index in [9.17, 15) is 9.90 Å². The number of nitrogens with zero attached hydrogens (tertiary/aromatic N) is 3. The molecule has 6 nitrogen and oxygen atoms in total. The van der Waals surface area contributed by atoms with Crippen LogP contribution in [0.2, 0.25) is 0 Å². The molecular weight excluding hydrogens is 358 g/mol. The van der Waals surface area contributed by atoms with E-state index >= 15 is 0 Å². The molecule has 0 fully saturated rings. The quantitative estimate of drug-likeness (QED) is 0.685. The third kappa shape index (κ3) is 4.75. The molecule has 1 aromatic carbocycles. The SMILES string of the molecule is Cn1c(COc2ccc(Br)cc2)nnc1SCCC(=O)[O-]. The topological polar surface area (TPSA) is 80.1 Å². The Morgan fingerprint density at radius 2 is 2.10 bits per heavy atom. The Bertz CT molecular complexity index is 616. The summed E-state index contributed by atoms with van der Waals surface area (Å²) in [6, 6.07) is 7.51. The average Bonchev–Trinajstić information content (AvgIpc) is 2.79. The zero-order valence-corrected chi connectivity index (χ0v) is 13.7. The Balaban J connectivity index is 1.90. The Hall–Kier alpha value is -1.54. The summed E-state index contributed by atoms with van der Waals surface area (Å²) in [6.45, 7) is 0.298. The predicted octanol–water partition coefficient (Wildman–Crippen LogP) is 1.39. The number of rotatable bonds is 7. The lowest BCUT2D eigenvalue weighted by molar-refractivity contribution is -0.305. The standard InChI is InChI=1S/C13H14BrN3O3S/c1-17-11(8-20-10-4-2-9(14)3-5-10)15-16-13(17)21-7-6-12(18)19/h2-5H,6-8H2,1H3,(H,18,19)/p-1. The second kappa shape index (κ2) is 7.46. The number of halogens is 1. The zero-order valence-electron chi connectivity index (χ0n) is 11.3. The second-order valence-corrected chi connectivity index (χ2v) is 6.15. The van der Waals surface area contributed by atoms with Gasteiger partial charge in [0.1, 0.15) is 12.4 Å². The van der Waals surface area contributed by atoms with Crippen LogP contribution in [-0.2, 0) is 18.4 Å². The summed E-state index contributed by atoms with van der Waals surface area (Å²) in [5.41, 5.74) is 0. The average molecular weight is 371 g/mol. The lowest BCUT2D eigenvalue weighted by atomic mass is 10.3. The van der Waals surface area contributed by atoms with Crippen molar-refractivity contribution < 1.29 is 14.6 Å². The predicted molar refractivity (Wildman–Crippen MR) is 79.8 cm³/mol. The number of hydrogen-bond acceptors (Lipinski definition) is 6. The molecule has 21 heavy (non-hydrogen) atoms. The molecule has 0 unspecified atom stereocenters. The summed E-state index contributed by atoms with van der Waals surface area (Å²) in [6.07, 6.45) is -0.0117. The Morgan fingerprint density at radius 1 is 1.38 bits per heavy atom. The highest BCUT2D eigenvalue weighted by molar-refractivity contribution is 9.10. The zero-order chi connectivity index (χ0) is 15.2. The summed E-state index contributed by atoms with van der Waals surface area (Å²) < 4.78 is 8.40. The van der Waals surface area contributed by atoms with Gasteiger partial charge >= 0.3 is 0 Å². The molecule has 112 valence electrons. The second-order valence-electron chi connectivity index (χ2n) is 4.17. The molecule has 0 amide bonds. The van der Waals surface area contributed by atoms with Crippen molar-refractivity contribution in [2.75, 3.05) is 5.75 Å². The van der Waals surface area contributed by atoms with Crippen molar-refractivity contribution in [3.8, 4) is 5.75 Å². The molecule has 0 saturated heterocycles. The van der Waals surface area contributed by atoms with E-state index < -0.39 is 5.97 Å². The number of ether oxygens (including phenoxy) is 1. The van der Waals surface area contributed by atoms with E-state index in [1.807, 2.05) is 31.3 Å². The number of carboxylic acid groups (broad SMARTS) is 1. The third-order valence-corrected chi connectivity index (χ3v) is 4.19. The highest BCUT2D eigenvalue weighted by Crippen LogP contribution is 2.19. The highest BCUT2D eigenvalue weighted by Gasteiger charge is 2.09. The summed E-state index contributed by atoms with van der Waals surface area (Å²) in [4.78, 5) is 10.4. The van der Waals surface area contributed by atoms with E-state index in [1.54, 1.807) is 4.57 Å². The van der Waals surface area contributed by atoms with Crippen LogP contribution in [0.3, 0.4) is 0 Å². The first-order valence-corrected chi connectivity index (χ1v) is 7.93. The molecule has 0 N–H and O–H groups in total. The van der Waals surface area contributed by atoms with Crippen molar-refractivity contribution in [2.24, 2.45) is 7.05 Å². The van der Waals surface area contributed by atoms with Gasteiger partial charge in [-0.25, -0.2) is 0 Å². The van der Waals surface area contributed by atoms with Crippen molar-refractivity contribution in [2.45, 2.75) is 18.2 Å². The van der Waals surface area contributed by atoms with E-state index in [0.29, 0.717) is 23.3 Å². The molecule has 1 aromatic heterocycles. The monoisotopic (exact) mass is 370 g/mol. The maximum atomic E-state index is 10.4. The maximum Gasteiger partial charge on any atom is 0.191 e. The van der Waals surface area contributed by atoms with Crippen LogP contribution in [0.1, 0.15) is 12.2 Å². The Morgan fingerprint density at radius 3 is 2.76 bits per heavy atom. The molecule has 0 aliphatic rings. The number of benzene rings is 1. The van der Waals surface area contributed by atoms with Gasteiger partial charge in [0.2, 0.25) is 0 Å². The van der Waals surface area contributed by atoms with Crippen LogP contribution in [0, 0.1) is 0 Å². The van der Waals surface area contributed by atoms with Gasteiger partial charge in [-0.05, 0) is 30.7 Å². The smallest absolute Gasteiger partial charge is 0.191 e. The van der Waals surface area contributed by atoms with Gasteiger partial charge in [0, 0.05) is 23.2 Å². The summed E-state index contributed by atoms with van der Waals surface area (Å²) in [7, 11) is 1.82.